The summed E-state index contributed by atoms with van der Waals surface area (Å²) >= 11 is 0. The first-order valence-electron chi connectivity index (χ1n) is 5.51. The molecule has 15 heavy (non-hydrogen) atoms. The largest absolute Gasteiger partial charge is 0.432 e. The SMILES string of the molecule is CB(O)N1CCCc2c(C)cc(C)nc21. The van der Waals surface area contributed by atoms with Crippen molar-refractivity contribution < 1.29 is 5.02 Å². The maximum Gasteiger partial charge on any atom is 0.410 e. The summed E-state index contributed by atoms with van der Waals surface area (Å²) in [5, 5.41) is 9.69. The van der Waals surface area contributed by atoms with Crippen molar-refractivity contribution >= 4 is 12.9 Å². The van der Waals surface area contributed by atoms with E-state index < -0.39 is 7.05 Å². The Hall–Kier alpha value is -1.03. The zero-order chi connectivity index (χ0) is 11.0. The summed E-state index contributed by atoms with van der Waals surface area (Å²) in [6.07, 6.45) is 2.18. The van der Waals surface area contributed by atoms with Gasteiger partial charge < -0.3 is 9.83 Å². The number of aryl methyl sites for hydroxylation is 2. The van der Waals surface area contributed by atoms with E-state index in [1.165, 1.54) is 11.1 Å². The average molecular weight is 204 g/mol. The molecule has 0 spiro atoms. The van der Waals surface area contributed by atoms with Crippen molar-refractivity contribution in [2.45, 2.75) is 33.5 Å². The lowest BCUT2D eigenvalue weighted by atomic mass is 9.82. The molecule has 1 aliphatic rings. The van der Waals surface area contributed by atoms with E-state index in [9.17, 15) is 5.02 Å². The normalized spacial score (nSPS) is 15.1. The summed E-state index contributed by atoms with van der Waals surface area (Å²) in [5.74, 6) is 0.980. The molecule has 0 aliphatic carbocycles. The minimum absolute atomic E-state index is 0.447. The van der Waals surface area contributed by atoms with Crippen molar-refractivity contribution in [2.75, 3.05) is 11.4 Å². The summed E-state index contributed by atoms with van der Waals surface area (Å²) < 4.78 is 0. The smallest absolute Gasteiger partial charge is 0.410 e. The highest BCUT2D eigenvalue weighted by Crippen LogP contribution is 2.28. The van der Waals surface area contributed by atoms with Gasteiger partial charge in [0.1, 0.15) is 5.82 Å². The molecular formula is C11H17BN2O. The van der Waals surface area contributed by atoms with Crippen LogP contribution in [0.2, 0.25) is 6.82 Å². The van der Waals surface area contributed by atoms with E-state index in [0.717, 1.165) is 30.9 Å². The third kappa shape index (κ3) is 1.86. The van der Waals surface area contributed by atoms with Gasteiger partial charge in [-0.15, -0.1) is 0 Å². The first kappa shape index (κ1) is 10.5. The molecule has 4 heteroatoms. The number of pyridine rings is 1. The average Bonchev–Trinajstić information content (AvgIpc) is 2.16. The molecule has 80 valence electrons. The first-order valence-corrected chi connectivity index (χ1v) is 5.51. The van der Waals surface area contributed by atoms with Crippen LogP contribution in [0.4, 0.5) is 5.82 Å². The molecule has 1 aromatic rings. The predicted octanol–water partition coefficient (Wildman–Crippen LogP) is 1.56. The number of fused-ring (bicyclic) bond motifs is 1. The summed E-state index contributed by atoms with van der Waals surface area (Å²) in [7, 11) is -0.447. The molecule has 1 aromatic heterocycles. The van der Waals surface area contributed by atoms with Crippen LogP contribution in [-0.4, -0.2) is 23.6 Å². The predicted molar refractivity (Wildman–Crippen MR) is 63.2 cm³/mol. The first-order chi connectivity index (χ1) is 7.09. The van der Waals surface area contributed by atoms with Gasteiger partial charge in [0, 0.05) is 12.2 Å². The molecule has 0 atom stereocenters. The van der Waals surface area contributed by atoms with E-state index in [2.05, 4.69) is 18.0 Å². The number of anilines is 1. The van der Waals surface area contributed by atoms with E-state index in [1.807, 2.05) is 11.7 Å². The van der Waals surface area contributed by atoms with Crippen LogP contribution in [0, 0.1) is 13.8 Å². The third-order valence-corrected chi connectivity index (χ3v) is 3.00. The Morgan fingerprint density at radius 3 is 2.87 bits per heavy atom. The number of aromatic nitrogens is 1. The molecule has 1 aliphatic heterocycles. The van der Waals surface area contributed by atoms with E-state index in [1.54, 1.807) is 6.82 Å². The van der Waals surface area contributed by atoms with Gasteiger partial charge in [0.15, 0.2) is 0 Å². The van der Waals surface area contributed by atoms with Crippen LogP contribution in [0.3, 0.4) is 0 Å². The lowest BCUT2D eigenvalue weighted by Gasteiger charge is -2.32. The number of rotatable bonds is 1. The number of hydrogen-bond donors (Lipinski definition) is 1. The lowest BCUT2D eigenvalue weighted by Crippen LogP contribution is -2.41. The van der Waals surface area contributed by atoms with Gasteiger partial charge in [-0.25, -0.2) is 4.98 Å². The van der Waals surface area contributed by atoms with Gasteiger partial charge in [0.2, 0.25) is 0 Å². The Morgan fingerprint density at radius 1 is 1.47 bits per heavy atom. The Labute approximate surface area is 91.3 Å². The van der Waals surface area contributed by atoms with Crippen LogP contribution < -0.4 is 4.81 Å². The van der Waals surface area contributed by atoms with Crippen molar-refractivity contribution in [1.82, 2.24) is 4.98 Å². The highest BCUT2D eigenvalue weighted by Gasteiger charge is 2.25. The van der Waals surface area contributed by atoms with Crippen LogP contribution in [0.5, 0.6) is 0 Å². The standard InChI is InChI=1S/C11H17BN2O/c1-8-7-9(2)13-11-10(8)5-4-6-14(11)12(3)15/h7,15H,4-6H2,1-3H3. The molecule has 2 heterocycles. The molecule has 0 aromatic carbocycles. The van der Waals surface area contributed by atoms with Gasteiger partial charge in [0.05, 0.1) is 0 Å². The fourth-order valence-electron chi connectivity index (χ4n) is 2.29. The fourth-order valence-corrected chi connectivity index (χ4v) is 2.29. The van der Waals surface area contributed by atoms with Crippen molar-refractivity contribution in [3.05, 3.63) is 22.9 Å². The van der Waals surface area contributed by atoms with Crippen LogP contribution in [0.1, 0.15) is 23.2 Å². The van der Waals surface area contributed by atoms with E-state index in [-0.39, 0.29) is 0 Å². The fraction of sp³-hybridized carbons (Fsp3) is 0.545. The Bertz CT molecular complexity index is 379. The molecule has 1 N–H and O–H groups in total. The summed E-state index contributed by atoms with van der Waals surface area (Å²) in [4.78, 5) is 6.53. The van der Waals surface area contributed by atoms with Crippen molar-refractivity contribution in [2.24, 2.45) is 0 Å². The van der Waals surface area contributed by atoms with Gasteiger partial charge in [-0.3, -0.25) is 0 Å². The van der Waals surface area contributed by atoms with E-state index >= 15 is 0 Å². The molecule has 0 saturated heterocycles. The molecular weight excluding hydrogens is 187 g/mol. The van der Waals surface area contributed by atoms with Gasteiger partial charge in [-0.2, -0.15) is 0 Å². The molecule has 2 rings (SSSR count). The van der Waals surface area contributed by atoms with Crippen molar-refractivity contribution in [1.29, 1.82) is 0 Å². The summed E-state index contributed by atoms with van der Waals surface area (Å²) in [6.45, 7) is 6.83. The van der Waals surface area contributed by atoms with Crippen LogP contribution in [-0.2, 0) is 6.42 Å². The topological polar surface area (TPSA) is 36.4 Å². The second-order valence-corrected chi connectivity index (χ2v) is 4.31. The molecule has 0 radical (unpaired) electrons. The van der Waals surface area contributed by atoms with E-state index in [4.69, 9.17) is 0 Å². The maximum atomic E-state index is 9.69. The van der Waals surface area contributed by atoms with Gasteiger partial charge >= 0.3 is 7.05 Å². The van der Waals surface area contributed by atoms with Crippen LogP contribution >= 0.6 is 0 Å². The Balaban J connectivity index is 2.50. The van der Waals surface area contributed by atoms with Crippen LogP contribution in [0.15, 0.2) is 6.07 Å². The minimum Gasteiger partial charge on any atom is -0.432 e. The molecule has 0 fully saturated rings. The van der Waals surface area contributed by atoms with E-state index in [0.29, 0.717) is 0 Å². The molecule has 3 nitrogen and oxygen atoms in total. The Kier molecular flexibility index (Phi) is 2.69. The molecule has 0 unspecified atom stereocenters. The van der Waals surface area contributed by atoms with Gasteiger partial charge in [-0.1, -0.05) is 0 Å². The zero-order valence-electron chi connectivity index (χ0n) is 9.62. The second kappa shape index (κ2) is 3.85. The lowest BCUT2D eigenvalue weighted by molar-refractivity contribution is 0.561. The van der Waals surface area contributed by atoms with Gasteiger partial charge in [-0.05, 0) is 50.7 Å². The quantitative estimate of drug-likeness (QED) is 0.705. The highest BCUT2D eigenvalue weighted by atomic mass is 16.2. The van der Waals surface area contributed by atoms with Crippen LogP contribution in [0.25, 0.3) is 0 Å². The number of hydrogen-bond acceptors (Lipinski definition) is 3. The maximum absolute atomic E-state index is 9.69. The molecule has 0 bridgehead atoms. The second-order valence-electron chi connectivity index (χ2n) is 4.31. The molecule has 0 saturated carbocycles. The summed E-state index contributed by atoms with van der Waals surface area (Å²) in [6, 6.07) is 2.12. The van der Waals surface area contributed by atoms with Crippen molar-refractivity contribution in [3.63, 3.8) is 0 Å². The van der Waals surface area contributed by atoms with Crippen molar-refractivity contribution in [3.8, 4) is 0 Å². The van der Waals surface area contributed by atoms with Gasteiger partial charge in [0.25, 0.3) is 0 Å². The monoisotopic (exact) mass is 204 g/mol. The minimum atomic E-state index is -0.447. The number of nitrogens with zero attached hydrogens (tertiary/aromatic N) is 2. The Morgan fingerprint density at radius 2 is 2.20 bits per heavy atom. The third-order valence-electron chi connectivity index (χ3n) is 3.00. The zero-order valence-corrected chi connectivity index (χ0v) is 9.62. The molecule has 0 amide bonds. The summed E-state index contributed by atoms with van der Waals surface area (Å²) in [5.41, 5.74) is 3.62. The highest BCUT2D eigenvalue weighted by molar-refractivity contribution is 6.53.